The van der Waals surface area contributed by atoms with E-state index in [1.165, 1.54) is 0 Å². The van der Waals surface area contributed by atoms with Gasteiger partial charge in [-0.2, -0.15) is 0 Å². The molecule has 16 heavy (non-hydrogen) atoms. The first-order chi connectivity index (χ1) is 7.38. The molecule has 7 heteroatoms. The second-order valence-corrected chi connectivity index (χ2v) is 4.40. The van der Waals surface area contributed by atoms with E-state index >= 15 is 0 Å². The van der Waals surface area contributed by atoms with Crippen LogP contribution in [0, 0.1) is 0 Å². The first kappa shape index (κ1) is 12.9. The van der Waals surface area contributed by atoms with Crippen LogP contribution >= 0.6 is 20.0 Å². The van der Waals surface area contributed by atoms with E-state index in [0.29, 0.717) is 5.69 Å². The number of benzene rings is 1. The van der Waals surface area contributed by atoms with E-state index in [4.69, 9.17) is 22.0 Å². The largest absolute Gasteiger partial charge is 0.524 e. The molecule has 1 aromatic rings. The molecule has 0 saturated carbocycles. The molecule has 5 nitrogen and oxygen atoms in total. The molecule has 0 spiro atoms. The van der Waals surface area contributed by atoms with E-state index < -0.39 is 7.82 Å². The Hall–Kier alpha value is -1.20. The number of thiocarbonyl (C=S) groups is 1. The molecule has 0 atom stereocenters. The second kappa shape index (κ2) is 5.23. The minimum atomic E-state index is -4.61. The van der Waals surface area contributed by atoms with Crippen molar-refractivity contribution in [3.63, 3.8) is 0 Å². The zero-order valence-corrected chi connectivity index (χ0v) is 9.87. The zero-order valence-electron chi connectivity index (χ0n) is 8.16. The third-order valence-electron chi connectivity index (χ3n) is 1.51. The van der Waals surface area contributed by atoms with E-state index in [1.54, 1.807) is 24.3 Å². The van der Waals surface area contributed by atoms with Gasteiger partial charge in [-0.25, -0.2) is 4.57 Å². The summed E-state index contributed by atoms with van der Waals surface area (Å²) in [6.45, 7) is 3.32. The molecule has 0 bridgehead atoms. The molecule has 0 radical (unpaired) electrons. The average molecular weight is 259 g/mol. The van der Waals surface area contributed by atoms with E-state index in [9.17, 15) is 4.57 Å². The average Bonchev–Trinajstić information content (AvgIpc) is 2.16. The number of nitrogens with one attached hydrogen (secondary N) is 1. The highest BCUT2D eigenvalue weighted by Crippen LogP contribution is 2.38. The van der Waals surface area contributed by atoms with Crippen LogP contribution < -0.4 is 5.32 Å². The first-order valence-electron chi connectivity index (χ1n) is 4.19. The lowest BCUT2D eigenvalue weighted by molar-refractivity contribution is 0.252. The molecule has 0 fully saturated rings. The zero-order chi connectivity index (χ0) is 12.2. The highest BCUT2D eigenvalue weighted by molar-refractivity contribution is 7.81. The van der Waals surface area contributed by atoms with Crippen molar-refractivity contribution in [2.45, 2.75) is 0 Å². The fourth-order valence-electron chi connectivity index (χ4n) is 0.907. The minimum absolute atomic E-state index is 0.0227. The van der Waals surface area contributed by atoms with Crippen molar-refractivity contribution in [2.24, 2.45) is 0 Å². The van der Waals surface area contributed by atoms with Gasteiger partial charge in [0.2, 0.25) is 0 Å². The summed E-state index contributed by atoms with van der Waals surface area (Å²) in [6.07, 6.45) is 0. The van der Waals surface area contributed by atoms with Crippen LogP contribution in [0.1, 0.15) is 0 Å². The van der Waals surface area contributed by atoms with Crippen molar-refractivity contribution in [1.82, 2.24) is 0 Å². The van der Waals surface area contributed by atoms with Crippen LogP contribution in [-0.4, -0.2) is 14.8 Å². The Morgan fingerprint density at radius 2 is 1.94 bits per heavy atom. The van der Waals surface area contributed by atoms with Crippen LogP contribution in [0.25, 0.3) is 0 Å². The van der Waals surface area contributed by atoms with Crippen LogP contribution in [0.5, 0.6) is 0 Å². The molecule has 0 amide bonds. The Balaban J connectivity index is 2.60. The molecule has 1 rings (SSSR count). The van der Waals surface area contributed by atoms with Crippen molar-refractivity contribution < 1.29 is 18.9 Å². The summed E-state index contributed by atoms with van der Waals surface area (Å²) in [6, 6.07) is 8.90. The van der Waals surface area contributed by atoms with Gasteiger partial charge in [0.25, 0.3) is 0 Å². The number of phosphoric ester groups is 1. The molecular weight excluding hydrogens is 249 g/mol. The normalized spacial score (nSPS) is 10.6. The van der Waals surface area contributed by atoms with Crippen molar-refractivity contribution in [1.29, 1.82) is 0 Å². The van der Waals surface area contributed by atoms with Crippen molar-refractivity contribution >= 4 is 30.7 Å². The summed E-state index contributed by atoms with van der Waals surface area (Å²) in [5.41, 5.74) is 0.683. The predicted molar refractivity (Wildman–Crippen MR) is 64.9 cm³/mol. The molecule has 0 saturated heterocycles. The number of rotatable bonds is 4. The smallest absolute Gasteiger partial charge is 0.402 e. The van der Waals surface area contributed by atoms with Gasteiger partial charge >= 0.3 is 7.82 Å². The molecule has 86 valence electrons. The van der Waals surface area contributed by atoms with Crippen molar-refractivity contribution in [3.8, 4) is 0 Å². The molecule has 1 aromatic carbocycles. The standard InChI is InChI=1S/C9H10NO4PS/c1-7(14-15(11,12)13)9(16)10-8-5-3-2-4-6-8/h2-6H,1H2,(H,10,16)(H2,11,12,13). The predicted octanol–water partition coefficient (Wildman–Crippen LogP) is 2.05. The molecule has 0 aliphatic heterocycles. The highest BCUT2D eigenvalue weighted by Gasteiger charge is 2.18. The summed E-state index contributed by atoms with van der Waals surface area (Å²) >= 11 is 4.85. The molecule has 3 N–H and O–H groups in total. The van der Waals surface area contributed by atoms with Gasteiger partial charge in [0.1, 0.15) is 4.99 Å². The summed E-state index contributed by atoms with van der Waals surface area (Å²) in [5, 5.41) is 2.73. The molecule has 0 unspecified atom stereocenters. The summed E-state index contributed by atoms with van der Waals surface area (Å²) in [7, 11) is -4.61. The van der Waals surface area contributed by atoms with Crippen molar-refractivity contribution in [3.05, 3.63) is 42.7 Å². The lowest BCUT2D eigenvalue weighted by Crippen LogP contribution is -2.12. The first-order valence-corrected chi connectivity index (χ1v) is 6.13. The molecule has 0 aliphatic carbocycles. The second-order valence-electron chi connectivity index (χ2n) is 2.83. The van der Waals surface area contributed by atoms with Gasteiger partial charge in [-0.15, -0.1) is 0 Å². The molecule has 0 heterocycles. The summed E-state index contributed by atoms with van der Waals surface area (Å²) in [4.78, 5) is 17.1. The van der Waals surface area contributed by atoms with Gasteiger partial charge in [-0.05, 0) is 12.1 Å². The van der Waals surface area contributed by atoms with Crippen LogP contribution in [0.15, 0.2) is 42.7 Å². The van der Waals surface area contributed by atoms with E-state index in [2.05, 4.69) is 16.4 Å². The van der Waals surface area contributed by atoms with Gasteiger partial charge in [0.05, 0.1) is 0 Å². The number of phosphoric acid groups is 1. The quantitative estimate of drug-likeness (QED) is 0.332. The fraction of sp³-hybridized carbons (Fsp3) is 0. The minimum Gasteiger partial charge on any atom is -0.402 e. The van der Waals surface area contributed by atoms with Gasteiger partial charge < -0.3 is 9.84 Å². The van der Waals surface area contributed by atoms with Crippen LogP contribution in [-0.2, 0) is 9.09 Å². The summed E-state index contributed by atoms with van der Waals surface area (Å²) in [5.74, 6) is -0.271. The third kappa shape index (κ3) is 4.55. The maximum atomic E-state index is 10.5. The van der Waals surface area contributed by atoms with E-state index in [0.717, 1.165) is 0 Å². The van der Waals surface area contributed by atoms with E-state index in [1.807, 2.05) is 6.07 Å². The number of para-hydroxylation sites is 1. The van der Waals surface area contributed by atoms with Gasteiger partial charge in [-0.1, -0.05) is 37.0 Å². The Morgan fingerprint density at radius 3 is 2.44 bits per heavy atom. The molecule has 0 aliphatic rings. The summed E-state index contributed by atoms with van der Waals surface area (Å²) < 4.78 is 14.8. The Labute approximate surface area is 98.0 Å². The Morgan fingerprint density at radius 1 is 1.38 bits per heavy atom. The Kier molecular flexibility index (Phi) is 4.20. The third-order valence-corrected chi connectivity index (χ3v) is 2.30. The van der Waals surface area contributed by atoms with E-state index in [-0.39, 0.29) is 10.7 Å². The number of anilines is 1. The van der Waals surface area contributed by atoms with Gasteiger partial charge in [0, 0.05) is 5.69 Å². The van der Waals surface area contributed by atoms with Gasteiger partial charge in [0.15, 0.2) is 5.76 Å². The maximum Gasteiger partial charge on any atom is 0.524 e. The van der Waals surface area contributed by atoms with Crippen LogP contribution in [0.4, 0.5) is 5.69 Å². The van der Waals surface area contributed by atoms with Crippen LogP contribution in [0.3, 0.4) is 0 Å². The lowest BCUT2D eigenvalue weighted by Gasteiger charge is -2.12. The van der Waals surface area contributed by atoms with Crippen molar-refractivity contribution in [2.75, 3.05) is 5.32 Å². The Bertz CT molecular complexity index is 442. The highest BCUT2D eigenvalue weighted by atomic mass is 32.1. The lowest BCUT2D eigenvalue weighted by atomic mass is 10.3. The number of hydrogen-bond donors (Lipinski definition) is 3. The number of hydrogen-bond acceptors (Lipinski definition) is 3. The molecular formula is C9H10NO4PS. The SMILES string of the molecule is C=C(OP(=O)(O)O)C(=S)Nc1ccccc1. The van der Waals surface area contributed by atoms with Crippen LogP contribution in [0.2, 0.25) is 0 Å². The topological polar surface area (TPSA) is 78.8 Å². The molecule has 0 aromatic heterocycles. The maximum absolute atomic E-state index is 10.5. The fourth-order valence-corrected chi connectivity index (χ4v) is 1.51. The van der Waals surface area contributed by atoms with Gasteiger partial charge in [-0.3, -0.25) is 9.79 Å². The monoisotopic (exact) mass is 259 g/mol.